The summed E-state index contributed by atoms with van der Waals surface area (Å²) >= 11 is 3.62. The van der Waals surface area contributed by atoms with E-state index in [2.05, 4.69) is 52.8 Å². The van der Waals surface area contributed by atoms with Gasteiger partial charge in [-0.2, -0.15) is 0 Å². The Morgan fingerprint density at radius 1 is 1.10 bits per heavy atom. The number of hydrogen-bond donors (Lipinski definition) is 0. The summed E-state index contributed by atoms with van der Waals surface area (Å²) in [6.07, 6.45) is 3.46. The molecule has 100 valence electrons. The van der Waals surface area contributed by atoms with Crippen LogP contribution in [0.2, 0.25) is 0 Å². The fraction of sp³-hybridized carbons (Fsp3) is 0.188. The summed E-state index contributed by atoms with van der Waals surface area (Å²) < 4.78 is 1.27. The zero-order valence-electron chi connectivity index (χ0n) is 11.0. The van der Waals surface area contributed by atoms with Gasteiger partial charge in [0.05, 0.1) is 10.2 Å². The SMILES string of the molecule is C1=C(c2cccs2)CCN(c2nc3ccccc3s2)C1. The molecule has 4 heteroatoms. The third-order valence-corrected chi connectivity index (χ3v) is 5.64. The van der Waals surface area contributed by atoms with E-state index in [4.69, 9.17) is 4.98 Å². The third kappa shape index (κ3) is 2.15. The second-order valence-corrected chi connectivity index (χ2v) is 6.82. The van der Waals surface area contributed by atoms with Crippen molar-refractivity contribution in [3.05, 3.63) is 52.7 Å². The highest BCUT2D eigenvalue weighted by Gasteiger charge is 2.16. The van der Waals surface area contributed by atoms with Crippen molar-refractivity contribution in [1.82, 2.24) is 4.98 Å². The number of fused-ring (bicyclic) bond motifs is 1. The van der Waals surface area contributed by atoms with E-state index in [1.54, 1.807) is 11.3 Å². The van der Waals surface area contributed by atoms with Gasteiger partial charge in [0, 0.05) is 18.0 Å². The summed E-state index contributed by atoms with van der Waals surface area (Å²) in [5, 5.41) is 3.29. The van der Waals surface area contributed by atoms with E-state index in [0.29, 0.717) is 0 Å². The van der Waals surface area contributed by atoms with Gasteiger partial charge in [-0.3, -0.25) is 0 Å². The van der Waals surface area contributed by atoms with Gasteiger partial charge in [0.25, 0.3) is 0 Å². The highest BCUT2D eigenvalue weighted by atomic mass is 32.1. The number of para-hydroxylation sites is 1. The van der Waals surface area contributed by atoms with Gasteiger partial charge in [0.15, 0.2) is 5.13 Å². The highest BCUT2D eigenvalue weighted by molar-refractivity contribution is 7.22. The molecule has 20 heavy (non-hydrogen) atoms. The number of aromatic nitrogens is 1. The molecule has 0 radical (unpaired) electrons. The van der Waals surface area contributed by atoms with Crippen molar-refractivity contribution < 1.29 is 0 Å². The van der Waals surface area contributed by atoms with Gasteiger partial charge in [-0.1, -0.05) is 35.6 Å². The highest BCUT2D eigenvalue weighted by Crippen LogP contribution is 2.32. The Labute approximate surface area is 126 Å². The maximum Gasteiger partial charge on any atom is 0.186 e. The molecular weight excluding hydrogens is 284 g/mol. The molecule has 0 unspecified atom stereocenters. The molecule has 0 aliphatic carbocycles. The zero-order chi connectivity index (χ0) is 13.4. The quantitative estimate of drug-likeness (QED) is 0.684. The van der Waals surface area contributed by atoms with Crippen LogP contribution < -0.4 is 4.90 Å². The average molecular weight is 298 g/mol. The van der Waals surface area contributed by atoms with Gasteiger partial charge >= 0.3 is 0 Å². The van der Waals surface area contributed by atoms with Crippen LogP contribution >= 0.6 is 22.7 Å². The van der Waals surface area contributed by atoms with Crippen molar-refractivity contribution in [3.63, 3.8) is 0 Å². The molecule has 1 aliphatic rings. The maximum atomic E-state index is 4.74. The van der Waals surface area contributed by atoms with Crippen molar-refractivity contribution in [2.75, 3.05) is 18.0 Å². The van der Waals surface area contributed by atoms with E-state index in [9.17, 15) is 0 Å². The molecule has 4 rings (SSSR count). The standard InChI is InChI=1S/C16H14N2S2/c1-2-5-15-13(4-1)17-16(20-15)18-9-7-12(8-10-18)14-6-3-11-19-14/h1-7,11H,8-10H2. The number of anilines is 1. The van der Waals surface area contributed by atoms with Gasteiger partial charge in [-0.05, 0) is 35.6 Å². The van der Waals surface area contributed by atoms with E-state index in [0.717, 1.165) is 30.2 Å². The van der Waals surface area contributed by atoms with Crippen molar-refractivity contribution in [1.29, 1.82) is 0 Å². The molecule has 3 heterocycles. The predicted molar refractivity (Wildman–Crippen MR) is 88.7 cm³/mol. The smallest absolute Gasteiger partial charge is 0.186 e. The minimum absolute atomic E-state index is 0.965. The van der Waals surface area contributed by atoms with Crippen molar-refractivity contribution in [3.8, 4) is 0 Å². The van der Waals surface area contributed by atoms with Gasteiger partial charge < -0.3 is 4.90 Å². The van der Waals surface area contributed by atoms with Crippen LogP contribution in [0, 0.1) is 0 Å². The summed E-state index contributed by atoms with van der Waals surface area (Å²) in [5.41, 5.74) is 2.60. The monoisotopic (exact) mass is 298 g/mol. The number of thiophene rings is 1. The minimum atomic E-state index is 0.965. The second-order valence-electron chi connectivity index (χ2n) is 4.87. The molecule has 1 aromatic carbocycles. The first-order valence-electron chi connectivity index (χ1n) is 6.73. The minimum Gasteiger partial charge on any atom is -0.344 e. The summed E-state index contributed by atoms with van der Waals surface area (Å²) in [6, 6.07) is 12.7. The van der Waals surface area contributed by atoms with Crippen LogP contribution in [-0.2, 0) is 0 Å². The van der Waals surface area contributed by atoms with Crippen LogP contribution in [0.3, 0.4) is 0 Å². The Hall–Kier alpha value is -1.65. The molecule has 0 N–H and O–H groups in total. The molecule has 0 fully saturated rings. The molecule has 2 aromatic heterocycles. The predicted octanol–water partition coefficient (Wildman–Crippen LogP) is 4.65. The average Bonchev–Trinajstić information content (AvgIpc) is 3.17. The molecule has 0 amide bonds. The number of hydrogen-bond acceptors (Lipinski definition) is 4. The molecule has 1 aliphatic heterocycles. The molecule has 0 spiro atoms. The molecule has 3 aromatic rings. The van der Waals surface area contributed by atoms with Crippen LogP contribution in [0.5, 0.6) is 0 Å². The van der Waals surface area contributed by atoms with Gasteiger partial charge in [0.1, 0.15) is 0 Å². The fourth-order valence-electron chi connectivity index (χ4n) is 2.52. The number of benzene rings is 1. The maximum absolute atomic E-state index is 4.74. The largest absolute Gasteiger partial charge is 0.344 e. The fourth-order valence-corrected chi connectivity index (χ4v) is 4.32. The lowest BCUT2D eigenvalue weighted by Gasteiger charge is -2.25. The Morgan fingerprint density at radius 3 is 2.80 bits per heavy atom. The first kappa shape index (κ1) is 12.1. The summed E-state index contributed by atoms with van der Waals surface area (Å²) in [4.78, 5) is 8.53. The normalized spacial score (nSPS) is 15.6. The first-order valence-corrected chi connectivity index (χ1v) is 8.43. The Morgan fingerprint density at radius 2 is 2.05 bits per heavy atom. The van der Waals surface area contributed by atoms with E-state index in [-0.39, 0.29) is 0 Å². The molecule has 0 saturated carbocycles. The number of nitrogens with zero attached hydrogens (tertiary/aromatic N) is 2. The van der Waals surface area contributed by atoms with Crippen LogP contribution in [-0.4, -0.2) is 18.1 Å². The molecule has 0 atom stereocenters. The molecule has 0 saturated heterocycles. The van der Waals surface area contributed by atoms with E-state index in [1.807, 2.05) is 11.3 Å². The Balaban J connectivity index is 1.59. The van der Waals surface area contributed by atoms with Crippen LogP contribution in [0.1, 0.15) is 11.3 Å². The van der Waals surface area contributed by atoms with Crippen molar-refractivity contribution in [2.45, 2.75) is 6.42 Å². The second kappa shape index (κ2) is 5.04. The van der Waals surface area contributed by atoms with Gasteiger partial charge in [-0.15, -0.1) is 11.3 Å². The van der Waals surface area contributed by atoms with E-state index >= 15 is 0 Å². The Kier molecular flexibility index (Phi) is 3.05. The topological polar surface area (TPSA) is 16.1 Å². The van der Waals surface area contributed by atoms with E-state index in [1.165, 1.54) is 15.2 Å². The zero-order valence-corrected chi connectivity index (χ0v) is 12.6. The van der Waals surface area contributed by atoms with Crippen LogP contribution in [0.4, 0.5) is 5.13 Å². The van der Waals surface area contributed by atoms with E-state index < -0.39 is 0 Å². The number of rotatable bonds is 2. The summed E-state index contributed by atoms with van der Waals surface area (Å²) in [5.74, 6) is 0. The van der Waals surface area contributed by atoms with Crippen LogP contribution in [0.25, 0.3) is 15.8 Å². The lowest BCUT2D eigenvalue weighted by Crippen LogP contribution is -2.27. The van der Waals surface area contributed by atoms with Crippen molar-refractivity contribution >= 4 is 43.6 Å². The molecule has 0 bridgehead atoms. The lowest BCUT2D eigenvalue weighted by molar-refractivity contribution is 0.831. The van der Waals surface area contributed by atoms with Gasteiger partial charge in [-0.25, -0.2) is 4.98 Å². The third-order valence-electron chi connectivity index (χ3n) is 3.60. The molecular formula is C16H14N2S2. The number of thiazole rings is 1. The van der Waals surface area contributed by atoms with Crippen molar-refractivity contribution in [2.24, 2.45) is 0 Å². The molecule has 2 nitrogen and oxygen atoms in total. The lowest BCUT2D eigenvalue weighted by atomic mass is 10.1. The summed E-state index contributed by atoms with van der Waals surface area (Å²) in [6.45, 7) is 2.02. The van der Waals surface area contributed by atoms with Gasteiger partial charge in [0.2, 0.25) is 0 Å². The Bertz CT molecular complexity index is 723. The summed E-state index contributed by atoms with van der Waals surface area (Å²) in [7, 11) is 0. The van der Waals surface area contributed by atoms with Crippen LogP contribution in [0.15, 0.2) is 47.9 Å². The first-order chi connectivity index (χ1) is 9.90.